The van der Waals surface area contributed by atoms with Gasteiger partial charge < -0.3 is 24.8 Å². The van der Waals surface area contributed by atoms with Crippen molar-refractivity contribution in [2.75, 3.05) is 36.4 Å². The average Bonchev–Trinajstić information content (AvgIpc) is 3.19. The molecule has 0 aromatic heterocycles. The lowest BCUT2D eigenvalue weighted by molar-refractivity contribution is -0.120. The quantitative estimate of drug-likeness (QED) is 0.247. The van der Waals surface area contributed by atoms with E-state index in [4.69, 9.17) is 25.8 Å². The number of hydrogen-bond donors (Lipinski definition) is 2. The Morgan fingerprint density at radius 3 is 2.41 bits per heavy atom. The summed E-state index contributed by atoms with van der Waals surface area (Å²) in [7, 11) is 2.89. The Morgan fingerprint density at radius 1 is 0.927 bits per heavy atom. The van der Waals surface area contributed by atoms with Crippen molar-refractivity contribution in [3.8, 4) is 11.5 Å². The molecule has 4 rings (SSSR count). The summed E-state index contributed by atoms with van der Waals surface area (Å²) in [5.74, 6) is -1.63. The number of nitrogens with zero attached hydrogens (tertiary/aromatic N) is 1. The van der Waals surface area contributed by atoms with E-state index >= 15 is 0 Å². The second-order valence-electron chi connectivity index (χ2n) is 9.00. The minimum atomic E-state index is -0.730. The normalized spacial score (nSPS) is 12.9. The number of anilines is 3. The van der Waals surface area contributed by atoms with Crippen LogP contribution >= 0.6 is 11.6 Å². The highest BCUT2D eigenvalue weighted by Gasteiger charge is 2.40. The lowest BCUT2D eigenvalue weighted by atomic mass is 10.1. The molecule has 0 bridgehead atoms. The zero-order valence-electron chi connectivity index (χ0n) is 22.9. The first-order valence-corrected chi connectivity index (χ1v) is 13.0. The van der Waals surface area contributed by atoms with E-state index in [0.29, 0.717) is 41.3 Å². The lowest BCUT2D eigenvalue weighted by Gasteiger charge is -2.19. The second-order valence-corrected chi connectivity index (χ2v) is 9.38. The van der Waals surface area contributed by atoms with Crippen molar-refractivity contribution in [1.29, 1.82) is 0 Å². The van der Waals surface area contributed by atoms with Crippen LogP contribution in [0.15, 0.2) is 71.4 Å². The molecule has 3 amide bonds. The van der Waals surface area contributed by atoms with Gasteiger partial charge in [-0.1, -0.05) is 30.7 Å². The summed E-state index contributed by atoms with van der Waals surface area (Å²) in [4.78, 5) is 52.6. The molecular weight excluding hydrogens is 550 g/mol. The minimum Gasteiger partial charge on any atom is -0.497 e. The van der Waals surface area contributed by atoms with Gasteiger partial charge in [-0.3, -0.25) is 14.4 Å². The van der Waals surface area contributed by atoms with Gasteiger partial charge in [0, 0.05) is 23.0 Å². The maximum absolute atomic E-state index is 13.4. The van der Waals surface area contributed by atoms with Gasteiger partial charge in [0.25, 0.3) is 17.7 Å². The number of amides is 3. The number of aryl methyl sites for hydroxylation is 1. The highest BCUT2D eigenvalue weighted by Crippen LogP contribution is 2.38. The maximum atomic E-state index is 13.4. The van der Waals surface area contributed by atoms with Crippen molar-refractivity contribution in [3.63, 3.8) is 0 Å². The van der Waals surface area contributed by atoms with Gasteiger partial charge in [-0.05, 0) is 61.4 Å². The Hall–Kier alpha value is -4.83. The highest BCUT2D eigenvalue weighted by atomic mass is 35.5. The van der Waals surface area contributed by atoms with Crippen molar-refractivity contribution in [2.45, 2.75) is 20.3 Å². The first-order chi connectivity index (χ1) is 19.7. The molecule has 3 aromatic carbocycles. The number of esters is 1. The predicted molar refractivity (Wildman–Crippen MR) is 155 cm³/mol. The molecule has 10 nitrogen and oxygen atoms in total. The van der Waals surface area contributed by atoms with Gasteiger partial charge in [0.2, 0.25) is 0 Å². The van der Waals surface area contributed by atoms with Crippen LogP contribution in [0, 0.1) is 6.92 Å². The monoisotopic (exact) mass is 577 g/mol. The molecule has 0 unspecified atom stereocenters. The molecule has 0 saturated carbocycles. The summed E-state index contributed by atoms with van der Waals surface area (Å²) in [5, 5.41) is 5.38. The number of imide groups is 1. The van der Waals surface area contributed by atoms with Crippen molar-refractivity contribution < 1.29 is 33.4 Å². The van der Waals surface area contributed by atoms with E-state index in [-0.39, 0.29) is 27.7 Å². The van der Waals surface area contributed by atoms with E-state index in [1.165, 1.54) is 32.4 Å². The van der Waals surface area contributed by atoms with Crippen molar-refractivity contribution in [2.24, 2.45) is 0 Å². The number of carbonyl (C=O) groups excluding carboxylic acids is 4. The Bertz CT molecular complexity index is 1570. The minimum absolute atomic E-state index is 0.145. The molecule has 0 aliphatic carbocycles. The molecule has 0 radical (unpaired) electrons. The predicted octanol–water partition coefficient (Wildman–Crippen LogP) is 5.27. The van der Waals surface area contributed by atoms with Crippen LogP contribution in [-0.2, 0) is 14.3 Å². The molecule has 0 fully saturated rings. The largest absolute Gasteiger partial charge is 0.497 e. The number of methoxy groups -OCH3 is 2. The molecule has 0 atom stereocenters. The maximum Gasteiger partial charge on any atom is 0.338 e. The summed E-state index contributed by atoms with van der Waals surface area (Å²) in [6.07, 6.45) is 0.696. The van der Waals surface area contributed by atoms with Gasteiger partial charge in [-0.2, -0.15) is 0 Å². The Labute approximate surface area is 241 Å². The SMILES string of the molecule is CCCOC(=O)c1cccc(NC(=O)c2ccc(C)c(NC3=C(Cl)C(=O)N(c4ccc(OC)cc4OC)C3=O)c2)c1. The van der Waals surface area contributed by atoms with Crippen LogP contribution in [0.5, 0.6) is 11.5 Å². The number of rotatable bonds is 10. The average molecular weight is 578 g/mol. The second kappa shape index (κ2) is 12.6. The van der Waals surface area contributed by atoms with Crippen LogP contribution in [0.3, 0.4) is 0 Å². The van der Waals surface area contributed by atoms with Crippen molar-refractivity contribution >= 4 is 52.4 Å². The lowest BCUT2D eigenvalue weighted by Crippen LogP contribution is -2.32. The summed E-state index contributed by atoms with van der Waals surface area (Å²) >= 11 is 6.33. The fourth-order valence-electron chi connectivity index (χ4n) is 4.04. The van der Waals surface area contributed by atoms with E-state index in [1.807, 2.05) is 6.92 Å². The van der Waals surface area contributed by atoms with Gasteiger partial charge in [0.05, 0.1) is 32.1 Å². The number of hydrogen-bond acceptors (Lipinski definition) is 8. The summed E-state index contributed by atoms with van der Waals surface area (Å²) in [5.41, 5.74) is 2.12. The Morgan fingerprint density at radius 2 is 1.71 bits per heavy atom. The third kappa shape index (κ3) is 6.17. The van der Waals surface area contributed by atoms with Crippen molar-refractivity contribution in [1.82, 2.24) is 0 Å². The van der Waals surface area contributed by atoms with Crippen LogP contribution < -0.4 is 25.0 Å². The molecule has 11 heteroatoms. The van der Waals surface area contributed by atoms with E-state index < -0.39 is 23.7 Å². The van der Waals surface area contributed by atoms with E-state index in [1.54, 1.807) is 49.4 Å². The van der Waals surface area contributed by atoms with Gasteiger partial charge in [-0.25, -0.2) is 9.69 Å². The van der Waals surface area contributed by atoms with Crippen LogP contribution in [0.25, 0.3) is 0 Å². The Balaban J connectivity index is 1.55. The smallest absolute Gasteiger partial charge is 0.338 e. The van der Waals surface area contributed by atoms with Gasteiger partial charge in [-0.15, -0.1) is 0 Å². The molecular formula is C30H28ClN3O7. The van der Waals surface area contributed by atoms with Crippen molar-refractivity contribution in [3.05, 3.63) is 88.1 Å². The fourth-order valence-corrected chi connectivity index (χ4v) is 4.25. The van der Waals surface area contributed by atoms with E-state index in [0.717, 1.165) is 4.90 Å². The van der Waals surface area contributed by atoms with Crippen LogP contribution in [0.4, 0.5) is 17.1 Å². The van der Waals surface area contributed by atoms with E-state index in [2.05, 4.69) is 10.6 Å². The molecule has 0 saturated heterocycles. The topological polar surface area (TPSA) is 123 Å². The zero-order chi connectivity index (χ0) is 29.7. The third-order valence-electron chi connectivity index (χ3n) is 6.21. The number of nitrogens with one attached hydrogen (secondary N) is 2. The summed E-state index contributed by atoms with van der Waals surface area (Å²) < 4.78 is 15.7. The first kappa shape index (κ1) is 29.2. The van der Waals surface area contributed by atoms with Crippen LogP contribution in [0.1, 0.15) is 39.6 Å². The molecule has 0 spiro atoms. The fraction of sp³-hybridized carbons (Fsp3) is 0.200. The molecule has 3 aromatic rings. The number of ether oxygens (including phenoxy) is 3. The molecule has 2 N–H and O–H groups in total. The van der Waals surface area contributed by atoms with Crippen LogP contribution in [0.2, 0.25) is 0 Å². The van der Waals surface area contributed by atoms with Gasteiger partial charge in [0.15, 0.2) is 0 Å². The molecule has 41 heavy (non-hydrogen) atoms. The third-order valence-corrected chi connectivity index (χ3v) is 6.56. The molecule has 1 aliphatic rings. The first-order valence-electron chi connectivity index (χ1n) is 12.6. The molecule has 1 aliphatic heterocycles. The summed E-state index contributed by atoms with van der Waals surface area (Å²) in [6.45, 7) is 3.97. The molecule has 212 valence electrons. The Kier molecular flexibility index (Phi) is 8.94. The van der Waals surface area contributed by atoms with Gasteiger partial charge in [0.1, 0.15) is 22.2 Å². The van der Waals surface area contributed by atoms with E-state index in [9.17, 15) is 19.2 Å². The number of benzene rings is 3. The standard InChI is InChI=1S/C30H28ClN3O7/c1-5-13-41-30(38)19-7-6-8-20(14-19)32-27(35)18-10-9-17(2)22(15-18)33-26-25(31)28(36)34(29(26)37)23-12-11-21(39-3)16-24(23)40-4/h6-12,14-16,33H,5,13H2,1-4H3,(H,32,35). The highest BCUT2D eigenvalue weighted by molar-refractivity contribution is 6.53. The molecule has 1 heterocycles. The number of halogens is 1. The number of carbonyl (C=O) groups is 4. The summed E-state index contributed by atoms with van der Waals surface area (Å²) in [6, 6.07) is 15.9. The zero-order valence-corrected chi connectivity index (χ0v) is 23.6. The van der Waals surface area contributed by atoms with Crippen LogP contribution in [-0.4, -0.2) is 44.5 Å². The van der Waals surface area contributed by atoms with Gasteiger partial charge >= 0.3 is 5.97 Å².